The van der Waals surface area contributed by atoms with E-state index in [-0.39, 0.29) is 22.5 Å². The molecule has 0 aliphatic heterocycles. The van der Waals surface area contributed by atoms with Gasteiger partial charge in [-0.3, -0.25) is 0 Å². The van der Waals surface area contributed by atoms with Crippen LogP contribution in [0.25, 0.3) is 88.9 Å². The third kappa shape index (κ3) is 5.75. The minimum atomic E-state index is -4.90. The summed E-state index contributed by atoms with van der Waals surface area (Å²) in [6.45, 7) is 0. The van der Waals surface area contributed by atoms with E-state index in [1.807, 2.05) is 30.3 Å². The molecule has 10 rings (SSSR count). The monoisotopic (exact) mass is 776 g/mol. The molecule has 0 fully saturated rings. The third-order valence-corrected chi connectivity index (χ3v) is 10.4. The summed E-state index contributed by atoms with van der Waals surface area (Å²) in [4.78, 5) is 17.5. The van der Waals surface area contributed by atoms with Gasteiger partial charge in [-0.25, -0.2) is 19.9 Å². The normalized spacial score (nSPS) is 12.3. The second kappa shape index (κ2) is 13.1. The number of rotatable bonds is 5. The van der Waals surface area contributed by atoms with Crippen LogP contribution in [0.3, 0.4) is 0 Å². The van der Waals surface area contributed by atoms with Crippen LogP contribution in [-0.4, -0.2) is 29.1 Å². The Morgan fingerprint density at radius 3 is 1.40 bits per heavy atom. The zero-order chi connectivity index (χ0) is 39.8. The summed E-state index contributed by atoms with van der Waals surface area (Å²) < 4.78 is 93.4. The molecule has 0 spiro atoms. The molecule has 12 heteroatoms. The first kappa shape index (κ1) is 35.1. The molecule has 6 nitrogen and oxygen atoms in total. The van der Waals surface area contributed by atoms with Gasteiger partial charge in [-0.05, 0) is 90.5 Å². The van der Waals surface area contributed by atoms with Crippen LogP contribution in [0.5, 0.6) is 0 Å². The third-order valence-electron chi connectivity index (χ3n) is 10.4. The molecule has 0 bridgehead atoms. The number of hydrogen-bond acceptors (Lipinski definition) is 4. The molecule has 0 saturated carbocycles. The number of benzene rings is 6. The Bertz CT molecular complexity index is 3200. The van der Waals surface area contributed by atoms with Crippen molar-refractivity contribution in [3.05, 3.63) is 169 Å². The quantitative estimate of drug-likeness (QED) is 0.163. The average Bonchev–Trinajstić information content (AvgIpc) is 3.75. The molecule has 6 aromatic carbocycles. The van der Waals surface area contributed by atoms with Gasteiger partial charge in [-0.2, -0.15) is 26.3 Å². The number of nitrogens with zero attached hydrogens (tertiary/aromatic N) is 6. The van der Waals surface area contributed by atoms with Crippen molar-refractivity contribution < 1.29 is 26.3 Å². The first-order valence-corrected chi connectivity index (χ1v) is 18.1. The maximum atomic E-state index is 15.8. The highest BCUT2D eigenvalue weighted by Gasteiger charge is 2.37. The van der Waals surface area contributed by atoms with E-state index < -0.39 is 23.5 Å². The summed E-state index contributed by atoms with van der Waals surface area (Å²) in [5.41, 5.74) is 1.54. The Labute approximate surface area is 325 Å². The van der Waals surface area contributed by atoms with Crippen molar-refractivity contribution in [2.75, 3.05) is 0 Å². The summed E-state index contributed by atoms with van der Waals surface area (Å²) in [6.07, 6.45) is -3.16. The maximum absolute atomic E-state index is 15.8. The van der Waals surface area contributed by atoms with Crippen LogP contribution in [0.4, 0.5) is 26.3 Å². The van der Waals surface area contributed by atoms with Gasteiger partial charge in [0.05, 0.1) is 44.6 Å². The molecule has 0 atom stereocenters. The fourth-order valence-corrected chi connectivity index (χ4v) is 7.91. The summed E-state index contributed by atoms with van der Waals surface area (Å²) >= 11 is 0. The molecule has 10 aromatic rings. The molecule has 4 aromatic heterocycles. The second-order valence-corrected chi connectivity index (χ2v) is 13.8. The number of fused-ring (bicyclic) bond motifs is 6. The maximum Gasteiger partial charge on any atom is 0.418 e. The van der Waals surface area contributed by atoms with E-state index in [1.54, 1.807) is 96.1 Å². The molecular weight excluding hydrogens is 751 g/mol. The lowest BCUT2D eigenvalue weighted by Crippen LogP contribution is -2.13. The van der Waals surface area contributed by atoms with Crippen LogP contribution in [0.2, 0.25) is 0 Å². The number of para-hydroxylation sites is 2. The van der Waals surface area contributed by atoms with Crippen LogP contribution < -0.4 is 0 Å². The number of alkyl halides is 6. The minimum Gasteiger partial charge on any atom is -0.309 e. The van der Waals surface area contributed by atoms with Crippen LogP contribution in [-0.2, 0) is 12.4 Å². The second-order valence-electron chi connectivity index (χ2n) is 13.8. The molecule has 0 amide bonds. The Hall–Kier alpha value is -7.34. The summed E-state index contributed by atoms with van der Waals surface area (Å²) in [5.74, 6) is 0.909. The Morgan fingerprint density at radius 2 is 0.879 bits per heavy atom. The topological polar surface area (TPSA) is 61.4 Å². The van der Waals surface area contributed by atoms with Gasteiger partial charge in [0.1, 0.15) is 0 Å². The average molecular weight is 777 g/mol. The zero-order valence-electron chi connectivity index (χ0n) is 30.0. The van der Waals surface area contributed by atoms with Crippen LogP contribution >= 0.6 is 0 Å². The van der Waals surface area contributed by atoms with Crippen molar-refractivity contribution in [1.82, 2.24) is 29.1 Å². The Kier molecular flexibility index (Phi) is 7.94. The highest BCUT2D eigenvalue weighted by molar-refractivity contribution is 6.12. The molecule has 4 heterocycles. The van der Waals surface area contributed by atoms with Gasteiger partial charge in [0.15, 0.2) is 11.6 Å². The highest BCUT2D eigenvalue weighted by atomic mass is 19.4. The first-order chi connectivity index (χ1) is 28.0. The largest absolute Gasteiger partial charge is 0.418 e. The van der Waals surface area contributed by atoms with Crippen LogP contribution in [0.1, 0.15) is 11.1 Å². The van der Waals surface area contributed by atoms with Crippen molar-refractivity contribution in [1.29, 1.82) is 0 Å². The van der Waals surface area contributed by atoms with Crippen molar-refractivity contribution in [2.45, 2.75) is 12.4 Å². The van der Waals surface area contributed by atoms with Crippen molar-refractivity contribution in [2.24, 2.45) is 0 Å². The van der Waals surface area contributed by atoms with E-state index in [1.165, 1.54) is 22.8 Å². The molecule has 0 N–H and O–H groups in total. The molecule has 58 heavy (non-hydrogen) atoms. The van der Waals surface area contributed by atoms with Gasteiger partial charge < -0.3 is 9.13 Å². The number of halogens is 6. The van der Waals surface area contributed by atoms with Gasteiger partial charge in [-0.15, -0.1) is 0 Å². The minimum absolute atomic E-state index is 0.0505. The van der Waals surface area contributed by atoms with Crippen molar-refractivity contribution in [3.63, 3.8) is 0 Å². The van der Waals surface area contributed by atoms with Gasteiger partial charge in [0.2, 0.25) is 0 Å². The number of aromatic nitrogens is 6. The van der Waals surface area contributed by atoms with Crippen molar-refractivity contribution in [3.8, 4) is 45.3 Å². The lowest BCUT2D eigenvalue weighted by Gasteiger charge is -2.22. The zero-order valence-corrected chi connectivity index (χ0v) is 30.0. The van der Waals surface area contributed by atoms with E-state index in [4.69, 9.17) is 0 Å². The lowest BCUT2D eigenvalue weighted by molar-refractivity contribution is -0.138. The molecule has 0 aliphatic rings. The SMILES string of the molecule is FC(F)(F)c1cccc(-c2cc(-n3c4ccccc4c4cc(-c5ncccn5)ccc43)c(C(F)(F)F)cc2-n2c3ccccc3c3cc(-c4ncccn4)ccc32)c1. The van der Waals surface area contributed by atoms with E-state index in [9.17, 15) is 13.2 Å². The summed E-state index contributed by atoms with van der Waals surface area (Å²) in [6, 6.07) is 35.6. The standard InChI is InChI=1S/C46H26F6N6/c47-45(48,49)30-9-5-8-27(22-30)33-25-42(58-38-13-4-2-11-32(38)35-24-29(15-17-40(35)58)44-55-20-7-21-56-44)36(46(50,51)52)26-41(33)57-37-12-3-1-10-31(37)34-23-28(14-16-39(34)57)43-53-18-6-19-54-43/h1-26H. The smallest absolute Gasteiger partial charge is 0.309 e. The molecule has 0 unspecified atom stereocenters. The van der Waals surface area contributed by atoms with E-state index in [2.05, 4.69) is 19.9 Å². The summed E-state index contributed by atoms with van der Waals surface area (Å²) in [5, 5.41) is 2.75. The summed E-state index contributed by atoms with van der Waals surface area (Å²) in [7, 11) is 0. The predicted octanol–water partition coefficient (Wildman–Crippen LogP) is 12.5. The highest BCUT2D eigenvalue weighted by Crippen LogP contribution is 2.46. The predicted molar refractivity (Wildman–Crippen MR) is 213 cm³/mol. The molecule has 0 radical (unpaired) electrons. The van der Waals surface area contributed by atoms with Crippen LogP contribution in [0, 0.1) is 0 Å². The fraction of sp³-hybridized carbons (Fsp3) is 0.0435. The molecule has 0 aliphatic carbocycles. The first-order valence-electron chi connectivity index (χ1n) is 18.1. The fourth-order valence-electron chi connectivity index (χ4n) is 7.91. The van der Waals surface area contributed by atoms with E-state index in [0.717, 1.165) is 23.6 Å². The Balaban J connectivity index is 1.31. The molecule has 0 saturated heterocycles. The van der Waals surface area contributed by atoms with Gasteiger partial charge >= 0.3 is 12.4 Å². The van der Waals surface area contributed by atoms with Gasteiger partial charge in [0.25, 0.3) is 0 Å². The van der Waals surface area contributed by atoms with Crippen molar-refractivity contribution >= 4 is 43.6 Å². The molecule has 282 valence electrons. The van der Waals surface area contributed by atoms with Gasteiger partial charge in [-0.1, -0.05) is 48.5 Å². The van der Waals surface area contributed by atoms with Crippen LogP contribution in [0.15, 0.2) is 158 Å². The van der Waals surface area contributed by atoms with E-state index >= 15 is 13.2 Å². The van der Waals surface area contributed by atoms with E-state index in [0.29, 0.717) is 61.0 Å². The Morgan fingerprint density at radius 1 is 0.379 bits per heavy atom. The molecular formula is C46H26F6N6. The van der Waals surface area contributed by atoms with Gasteiger partial charge in [0, 0.05) is 63.0 Å². The number of hydrogen-bond donors (Lipinski definition) is 0. The lowest BCUT2D eigenvalue weighted by atomic mass is 9.97.